The van der Waals surface area contributed by atoms with Gasteiger partial charge in [-0.25, -0.2) is 0 Å². The van der Waals surface area contributed by atoms with Crippen molar-refractivity contribution in [1.82, 2.24) is 5.43 Å². The van der Waals surface area contributed by atoms with Crippen LogP contribution in [0.2, 0.25) is 10.0 Å². The second-order valence-corrected chi connectivity index (χ2v) is 4.28. The predicted molar refractivity (Wildman–Crippen MR) is 68.9 cm³/mol. The van der Waals surface area contributed by atoms with Crippen LogP contribution in [0.1, 0.15) is 19.4 Å². The van der Waals surface area contributed by atoms with Crippen LogP contribution in [0, 0.1) is 0 Å². The molecule has 0 atom stereocenters. The smallest absolute Gasteiger partial charge is 0.156 e. The first kappa shape index (κ1) is 13.1. The Hall–Kier alpha value is -0.930. The van der Waals surface area contributed by atoms with E-state index in [0.717, 1.165) is 5.56 Å². The molecule has 0 aromatic heterocycles. The van der Waals surface area contributed by atoms with E-state index in [0.29, 0.717) is 15.8 Å². The highest BCUT2D eigenvalue weighted by Crippen LogP contribution is 2.34. The normalized spacial score (nSPS) is 11.1. The Labute approximate surface area is 105 Å². The van der Waals surface area contributed by atoms with Crippen molar-refractivity contribution in [2.75, 3.05) is 7.05 Å². The largest absolute Gasteiger partial charge is 0.488 e. The first-order valence-corrected chi connectivity index (χ1v) is 5.65. The Bertz CT molecular complexity index is 369. The molecule has 0 heterocycles. The zero-order valence-corrected chi connectivity index (χ0v) is 10.9. The molecule has 1 aromatic carbocycles. The number of nitrogens with one attached hydrogen (secondary N) is 1. The number of hydrogen-bond donors (Lipinski definition) is 1. The highest BCUT2D eigenvalue weighted by Gasteiger charge is 2.10. The summed E-state index contributed by atoms with van der Waals surface area (Å²) in [6, 6.07) is 3.51. The first-order valence-electron chi connectivity index (χ1n) is 4.90. The highest BCUT2D eigenvalue weighted by atomic mass is 35.5. The summed E-state index contributed by atoms with van der Waals surface area (Å²) >= 11 is 12.1. The van der Waals surface area contributed by atoms with Gasteiger partial charge in [0.2, 0.25) is 0 Å². The second kappa shape index (κ2) is 5.97. The van der Waals surface area contributed by atoms with E-state index in [1.165, 1.54) is 0 Å². The average Bonchev–Trinajstić information content (AvgIpc) is 2.20. The fourth-order valence-electron chi connectivity index (χ4n) is 1.14. The molecule has 0 unspecified atom stereocenters. The van der Waals surface area contributed by atoms with Gasteiger partial charge in [0.15, 0.2) is 5.75 Å². The van der Waals surface area contributed by atoms with Gasteiger partial charge < -0.3 is 10.2 Å². The molecule has 0 saturated heterocycles. The Morgan fingerprint density at radius 2 is 1.88 bits per heavy atom. The van der Waals surface area contributed by atoms with Crippen molar-refractivity contribution >= 4 is 29.4 Å². The Morgan fingerprint density at radius 1 is 1.31 bits per heavy atom. The van der Waals surface area contributed by atoms with Gasteiger partial charge in [-0.1, -0.05) is 23.2 Å². The lowest BCUT2D eigenvalue weighted by atomic mass is 10.2. The molecule has 3 nitrogen and oxygen atoms in total. The molecule has 0 aliphatic heterocycles. The lowest BCUT2D eigenvalue weighted by Crippen LogP contribution is -2.06. The number of rotatable bonds is 4. The molecular formula is C11H14Cl2N2O. The summed E-state index contributed by atoms with van der Waals surface area (Å²) in [6.45, 7) is 3.84. The molecule has 1 N–H and O–H groups in total. The SMILES string of the molecule is CN/N=C/c1cc(Cl)c(OC(C)C)c(Cl)c1. The van der Waals surface area contributed by atoms with Gasteiger partial charge in [-0.3, -0.25) is 0 Å². The Kier molecular flexibility index (Phi) is 4.90. The van der Waals surface area contributed by atoms with Crippen LogP contribution in [0.25, 0.3) is 0 Å². The van der Waals surface area contributed by atoms with Crippen molar-refractivity contribution in [2.24, 2.45) is 5.10 Å². The van der Waals surface area contributed by atoms with Crippen LogP contribution in [0.3, 0.4) is 0 Å². The van der Waals surface area contributed by atoms with Crippen molar-refractivity contribution in [1.29, 1.82) is 0 Å². The Balaban J connectivity index is 3.02. The van der Waals surface area contributed by atoms with Crippen molar-refractivity contribution in [2.45, 2.75) is 20.0 Å². The molecule has 0 aliphatic rings. The lowest BCUT2D eigenvalue weighted by Gasteiger charge is -2.13. The van der Waals surface area contributed by atoms with Gasteiger partial charge in [-0.2, -0.15) is 5.10 Å². The van der Waals surface area contributed by atoms with Gasteiger partial charge in [0, 0.05) is 7.05 Å². The van der Waals surface area contributed by atoms with Gasteiger partial charge >= 0.3 is 0 Å². The van der Waals surface area contributed by atoms with Crippen LogP contribution >= 0.6 is 23.2 Å². The van der Waals surface area contributed by atoms with Crippen molar-refractivity contribution in [3.05, 3.63) is 27.7 Å². The predicted octanol–water partition coefficient (Wildman–Crippen LogP) is 3.33. The summed E-state index contributed by atoms with van der Waals surface area (Å²) in [5, 5.41) is 4.85. The molecule has 1 aromatic rings. The lowest BCUT2D eigenvalue weighted by molar-refractivity contribution is 0.243. The molecule has 0 aliphatic carbocycles. The molecule has 0 fully saturated rings. The summed E-state index contributed by atoms with van der Waals surface area (Å²) in [7, 11) is 1.72. The summed E-state index contributed by atoms with van der Waals surface area (Å²) in [6.07, 6.45) is 1.67. The van der Waals surface area contributed by atoms with Crippen LogP contribution in [0.15, 0.2) is 17.2 Å². The van der Waals surface area contributed by atoms with E-state index in [1.54, 1.807) is 25.4 Å². The number of ether oxygens (including phenoxy) is 1. The number of nitrogens with zero attached hydrogens (tertiary/aromatic N) is 1. The van der Waals surface area contributed by atoms with Crippen molar-refractivity contribution < 1.29 is 4.74 Å². The molecule has 88 valence electrons. The number of hydrogen-bond acceptors (Lipinski definition) is 3. The maximum atomic E-state index is 6.07. The summed E-state index contributed by atoms with van der Waals surface area (Å²) < 4.78 is 5.51. The monoisotopic (exact) mass is 260 g/mol. The summed E-state index contributed by atoms with van der Waals surface area (Å²) in [5.41, 5.74) is 3.47. The zero-order valence-electron chi connectivity index (χ0n) is 9.42. The molecular weight excluding hydrogens is 247 g/mol. The average molecular weight is 261 g/mol. The molecule has 0 radical (unpaired) electrons. The van der Waals surface area contributed by atoms with E-state index < -0.39 is 0 Å². The maximum Gasteiger partial charge on any atom is 0.156 e. The van der Waals surface area contributed by atoms with Gasteiger partial charge in [0.25, 0.3) is 0 Å². The van der Waals surface area contributed by atoms with Crippen LogP contribution in [-0.4, -0.2) is 19.4 Å². The molecule has 0 amide bonds. The molecule has 5 heteroatoms. The van der Waals surface area contributed by atoms with Crippen LogP contribution in [0.5, 0.6) is 5.75 Å². The van der Waals surface area contributed by atoms with Gasteiger partial charge in [-0.15, -0.1) is 0 Å². The fraction of sp³-hybridized carbons (Fsp3) is 0.364. The fourth-order valence-corrected chi connectivity index (χ4v) is 1.73. The minimum Gasteiger partial charge on any atom is -0.488 e. The van der Waals surface area contributed by atoms with Crippen molar-refractivity contribution in [3.8, 4) is 5.75 Å². The van der Waals surface area contributed by atoms with E-state index >= 15 is 0 Å². The summed E-state index contributed by atoms with van der Waals surface area (Å²) in [5.74, 6) is 0.514. The van der Waals surface area contributed by atoms with E-state index in [9.17, 15) is 0 Å². The van der Waals surface area contributed by atoms with E-state index in [1.807, 2.05) is 13.8 Å². The minimum atomic E-state index is 0.0341. The third-order valence-corrected chi connectivity index (χ3v) is 2.28. The standard InChI is InChI=1S/C11H14Cl2N2O/c1-7(2)16-11-9(12)4-8(5-10(11)13)6-15-14-3/h4-7,14H,1-3H3/b15-6+. The van der Waals surface area contributed by atoms with Crippen LogP contribution < -0.4 is 10.2 Å². The van der Waals surface area contributed by atoms with Crippen molar-refractivity contribution in [3.63, 3.8) is 0 Å². The number of benzene rings is 1. The van der Waals surface area contributed by atoms with Crippen LogP contribution in [0.4, 0.5) is 0 Å². The third kappa shape index (κ3) is 3.58. The first-order chi connectivity index (χ1) is 7.54. The number of halogens is 2. The van der Waals surface area contributed by atoms with E-state index in [4.69, 9.17) is 27.9 Å². The van der Waals surface area contributed by atoms with Gasteiger partial charge in [0.05, 0.1) is 22.4 Å². The van der Waals surface area contributed by atoms with Gasteiger partial charge in [-0.05, 0) is 31.5 Å². The minimum absolute atomic E-state index is 0.0341. The maximum absolute atomic E-state index is 6.07. The Morgan fingerprint density at radius 3 is 2.31 bits per heavy atom. The molecule has 1 rings (SSSR count). The van der Waals surface area contributed by atoms with E-state index in [2.05, 4.69) is 10.5 Å². The third-order valence-electron chi connectivity index (χ3n) is 1.72. The van der Waals surface area contributed by atoms with Gasteiger partial charge in [0.1, 0.15) is 0 Å². The van der Waals surface area contributed by atoms with Crippen LogP contribution in [-0.2, 0) is 0 Å². The molecule has 0 bridgehead atoms. The molecule has 0 saturated carbocycles. The summed E-state index contributed by atoms with van der Waals surface area (Å²) in [4.78, 5) is 0. The van der Waals surface area contributed by atoms with E-state index in [-0.39, 0.29) is 6.10 Å². The topological polar surface area (TPSA) is 33.6 Å². The second-order valence-electron chi connectivity index (χ2n) is 3.46. The quantitative estimate of drug-likeness (QED) is 0.666. The zero-order chi connectivity index (χ0) is 12.1. The number of hydrazone groups is 1. The molecule has 0 spiro atoms. The highest BCUT2D eigenvalue weighted by molar-refractivity contribution is 6.37. The molecule has 16 heavy (non-hydrogen) atoms.